The van der Waals surface area contributed by atoms with E-state index in [9.17, 15) is 0 Å². The van der Waals surface area contributed by atoms with E-state index in [4.69, 9.17) is 5.73 Å². The van der Waals surface area contributed by atoms with Crippen LogP contribution in [0.4, 0.5) is 0 Å². The van der Waals surface area contributed by atoms with Crippen molar-refractivity contribution >= 4 is 10.9 Å². The zero-order valence-electron chi connectivity index (χ0n) is 12.2. The van der Waals surface area contributed by atoms with Crippen molar-refractivity contribution in [1.29, 1.82) is 0 Å². The number of fused-ring (bicyclic) bond motifs is 2. The molecule has 1 aliphatic carbocycles. The highest BCUT2D eigenvalue weighted by Gasteiger charge is 2.31. The Kier molecular flexibility index (Phi) is 2.82. The summed E-state index contributed by atoms with van der Waals surface area (Å²) in [6.45, 7) is 0. The van der Waals surface area contributed by atoms with E-state index in [-0.39, 0.29) is 6.04 Å². The van der Waals surface area contributed by atoms with Crippen molar-refractivity contribution in [2.75, 3.05) is 0 Å². The standard InChI is InChI=1S/C18H19N3/c1-21-18-9-5-4-8-14(18)17(20-21)11-16(19)15-10-12-6-2-3-7-13(12)15/h2-9,15-16H,10-11,19H2,1H3. The van der Waals surface area contributed by atoms with E-state index in [1.165, 1.54) is 22.0 Å². The number of hydrogen-bond acceptors (Lipinski definition) is 2. The van der Waals surface area contributed by atoms with Crippen LogP contribution in [0.25, 0.3) is 10.9 Å². The number of rotatable bonds is 3. The lowest BCUT2D eigenvalue weighted by Crippen LogP contribution is -2.37. The van der Waals surface area contributed by atoms with Gasteiger partial charge in [0.15, 0.2) is 0 Å². The molecule has 106 valence electrons. The van der Waals surface area contributed by atoms with Crippen molar-refractivity contribution in [3.05, 3.63) is 65.4 Å². The summed E-state index contributed by atoms with van der Waals surface area (Å²) >= 11 is 0. The van der Waals surface area contributed by atoms with Gasteiger partial charge in [-0.3, -0.25) is 4.68 Å². The molecule has 3 aromatic rings. The maximum atomic E-state index is 6.48. The average Bonchev–Trinajstić information content (AvgIpc) is 2.77. The average molecular weight is 277 g/mol. The van der Waals surface area contributed by atoms with Gasteiger partial charge in [0.1, 0.15) is 0 Å². The Morgan fingerprint density at radius 2 is 1.95 bits per heavy atom. The third-order valence-corrected chi connectivity index (χ3v) is 4.67. The van der Waals surface area contributed by atoms with Gasteiger partial charge >= 0.3 is 0 Å². The molecule has 21 heavy (non-hydrogen) atoms. The normalized spacial score (nSPS) is 18.3. The maximum absolute atomic E-state index is 6.48. The van der Waals surface area contributed by atoms with E-state index < -0.39 is 0 Å². The van der Waals surface area contributed by atoms with Crippen molar-refractivity contribution in [3.63, 3.8) is 0 Å². The minimum atomic E-state index is 0.137. The number of aromatic nitrogens is 2. The van der Waals surface area contributed by atoms with Gasteiger partial charge in [0.05, 0.1) is 11.2 Å². The van der Waals surface area contributed by atoms with Crippen LogP contribution in [0, 0.1) is 0 Å². The van der Waals surface area contributed by atoms with Crippen molar-refractivity contribution < 1.29 is 0 Å². The Morgan fingerprint density at radius 3 is 2.81 bits per heavy atom. The summed E-state index contributed by atoms with van der Waals surface area (Å²) in [5.74, 6) is 0.474. The molecule has 1 heterocycles. The molecule has 0 radical (unpaired) electrons. The molecule has 0 saturated heterocycles. The summed E-state index contributed by atoms with van der Waals surface area (Å²) in [5, 5.41) is 5.89. The summed E-state index contributed by atoms with van der Waals surface area (Å²) in [6, 6.07) is 17.1. The smallest absolute Gasteiger partial charge is 0.0718 e. The molecule has 4 rings (SSSR count). The van der Waals surface area contributed by atoms with Gasteiger partial charge < -0.3 is 5.73 Å². The largest absolute Gasteiger partial charge is 0.327 e. The van der Waals surface area contributed by atoms with Crippen molar-refractivity contribution in [1.82, 2.24) is 9.78 Å². The fraction of sp³-hybridized carbons (Fsp3) is 0.278. The van der Waals surface area contributed by atoms with Crippen LogP contribution in [0.3, 0.4) is 0 Å². The number of para-hydroxylation sites is 1. The van der Waals surface area contributed by atoms with E-state index in [0.29, 0.717) is 5.92 Å². The van der Waals surface area contributed by atoms with Crippen LogP contribution < -0.4 is 5.73 Å². The summed E-state index contributed by atoms with van der Waals surface area (Å²) < 4.78 is 1.95. The number of hydrogen-bond donors (Lipinski definition) is 1. The molecular formula is C18H19N3. The maximum Gasteiger partial charge on any atom is 0.0718 e. The van der Waals surface area contributed by atoms with Gasteiger partial charge in [0, 0.05) is 30.8 Å². The lowest BCUT2D eigenvalue weighted by atomic mass is 9.72. The van der Waals surface area contributed by atoms with Crippen LogP contribution in [0.2, 0.25) is 0 Å². The zero-order valence-corrected chi connectivity index (χ0v) is 12.2. The van der Waals surface area contributed by atoms with Gasteiger partial charge in [-0.15, -0.1) is 0 Å². The quantitative estimate of drug-likeness (QED) is 0.800. The number of nitrogens with two attached hydrogens (primary N) is 1. The predicted octanol–water partition coefficient (Wildman–Crippen LogP) is 2.78. The summed E-state index contributed by atoms with van der Waals surface area (Å²) in [6.07, 6.45) is 1.93. The summed E-state index contributed by atoms with van der Waals surface area (Å²) in [4.78, 5) is 0. The molecule has 2 atom stereocenters. The van der Waals surface area contributed by atoms with Crippen LogP contribution in [0.1, 0.15) is 22.7 Å². The van der Waals surface area contributed by atoms with Crippen molar-refractivity contribution in [2.45, 2.75) is 24.8 Å². The predicted molar refractivity (Wildman–Crippen MR) is 85.3 cm³/mol. The van der Waals surface area contributed by atoms with Gasteiger partial charge in [0.2, 0.25) is 0 Å². The molecule has 2 unspecified atom stereocenters. The van der Waals surface area contributed by atoms with Crippen LogP contribution in [0.15, 0.2) is 48.5 Å². The first kappa shape index (κ1) is 12.6. The van der Waals surface area contributed by atoms with Crippen molar-refractivity contribution in [2.24, 2.45) is 12.8 Å². The van der Waals surface area contributed by atoms with E-state index in [2.05, 4.69) is 53.6 Å². The van der Waals surface area contributed by atoms with Crippen LogP contribution in [-0.4, -0.2) is 15.8 Å². The third kappa shape index (κ3) is 1.96. The van der Waals surface area contributed by atoms with E-state index in [1.807, 2.05) is 11.7 Å². The molecular weight excluding hydrogens is 258 g/mol. The lowest BCUT2D eigenvalue weighted by molar-refractivity contribution is 0.476. The van der Waals surface area contributed by atoms with Gasteiger partial charge in [-0.1, -0.05) is 42.5 Å². The van der Waals surface area contributed by atoms with Gasteiger partial charge in [-0.2, -0.15) is 5.10 Å². The first-order valence-electron chi connectivity index (χ1n) is 7.48. The molecule has 3 heteroatoms. The summed E-state index contributed by atoms with van der Waals surface area (Å²) in [5.41, 5.74) is 11.6. The highest BCUT2D eigenvalue weighted by molar-refractivity contribution is 5.81. The minimum absolute atomic E-state index is 0.137. The molecule has 0 bridgehead atoms. The molecule has 2 aromatic carbocycles. The second kappa shape index (κ2) is 4.71. The zero-order chi connectivity index (χ0) is 14.4. The van der Waals surface area contributed by atoms with Crippen LogP contribution in [0.5, 0.6) is 0 Å². The molecule has 0 saturated carbocycles. The Hall–Kier alpha value is -2.13. The first-order chi connectivity index (χ1) is 10.2. The van der Waals surface area contributed by atoms with Crippen LogP contribution >= 0.6 is 0 Å². The third-order valence-electron chi connectivity index (χ3n) is 4.67. The molecule has 2 N–H and O–H groups in total. The molecule has 3 nitrogen and oxygen atoms in total. The fourth-order valence-electron chi connectivity index (χ4n) is 3.48. The van der Waals surface area contributed by atoms with Gasteiger partial charge in [-0.25, -0.2) is 0 Å². The Labute approximate surface area is 124 Å². The SMILES string of the molecule is Cn1nc(CC(N)C2Cc3ccccc32)c2ccccc21. The molecule has 0 amide bonds. The molecule has 0 spiro atoms. The number of aryl methyl sites for hydroxylation is 1. The van der Waals surface area contributed by atoms with Gasteiger partial charge in [0.25, 0.3) is 0 Å². The fourth-order valence-corrected chi connectivity index (χ4v) is 3.48. The van der Waals surface area contributed by atoms with E-state index >= 15 is 0 Å². The first-order valence-corrected chi connectivity index (χ1v) is 7.48. The highest BCUT2D eigenvalue weighted by Crippen LogP contribution is 2.37. The minimum Gasteiger partial charge on any atom is -0.327 e. The van der Waals surface area contributed by atoms with Crippen molar-refractivity contribution in [3.8, 4) is 0 Å². The van der Waals surface area contributed by atoms with Gasteiger partial charge in [-0.05, 0) is 23.6 Å². The van der Waals surface area contributed by atoms with Crippen LogP contribution in [-0.2, 0) is 19.9 Å². The molecule has 1 aromatic heterocycles. The Morgan fingerprint density at radius 1 is 1.19 bits per heavy atom. The number of benzene rings is 2. The number of nitrogens with zero attached hydrogens (tertiary/aromatic N) is 2. The molecule has 0 aliphatic heterocycles. The molecule has 1 aliphatic rings. The van der Waals surface area contributed by atoms with E-state index in [1.54, 1.807) is 0 Å². The summed E-state index contributed by atoms with van der Waals surface area (Å²) in [7, 11) is 2.00. The monoisotopic (exact) mass is 277 g/mol. The Balaban J connectivity index is 1.61. The highest BCUT2D eigenvalue weighted by atomic mass is 15.3. The molecule has 0 fully saturated rings. The second-order valence-corrected chi connectivity index (χ2v) is 5.96. The second-order valence-electron chi connectivity index (χ2n) is 5.96. The van der Waals surface area contributed by atoms with E-state index in [0.717, 1.165) is 18.5 Å². The Bertz CT molecular complexity index is 803. The lowest BCUT2D eigenvalue weighted by Gasteiger charge is -2.34. The topological polar surface area (TPSA) is 43.8 Å².